The summed E-state index contributed by atoms with van der Waals surface area (Å²) in [5.74, 6) is 0. The Bertz CT molecular complexity index is 668. The summed E-state index contributed by atoms with van der Waals surface area (Å²) in [6.07, 6.45) is 5.78. The van der Waals surface area contributed by atoms with Crippen LogP contribution >= 0.6 is 0 Å². The molecule has 1 aromatic heterocycles. The second kappa shape index (κ2) is 4.72. The number of nitro groups is 1. The number of aliphatic hydroxyl groups is 1. The zero-order valence-corrected chi connectivity index (χ0v) is 10.9. The molecular weight excluding hydrogens is 258 g/mol. The zero-order valence-electron chi connectivity index (χ0n) is 10.9. The molecule has 1 aliphatic carbocycles. The van der Waals surface area contributed by atoms with Crippen molar-refractivity contribution in [2.75, 3.05) is 11.9 Å². The van der Waals surface area contributed by atoms with Gasteiger partial charge in [-0.05, 0) is 31.4 Å². The highest BCUT2D eigenvalue weighted by molar-refractivity contribution is 5.99. The van der Waals surface area contributed by atoms with E-state index in [1.807, 2.05) is 0 Å². The van der Waals surface area contributed by atoms with Crippen molar-refractivity contribution in [1.82, 2.24) is 4.98 Å². The molecule has 3 rings (SSSR count). The number of pyridine rings is 1. The largest absolute Gasteiger partial charge is 0.388 e. The fourth-order valence-corrected chi connectivity index (χ4v) is 2.51. The molecule has 0 spiro atoms. The van der Waals surface area contributed by atoms with Crippen LogP contribution in [0.4, 0.5) is 11.4 Å². The van der Waals surface area contributed by atoms with Crippen LogP contribution in [-0.4, -0.2) is 27.2 Å². The molecule has 6 nitrogen and oxygen atoms in total. The van der Waals surface area contributed by atoms with Crippen molar-refractivity contribution >= 4 is 22.1 Å². The Morgan fingerprint density at radius 3 is 2.80 bits per heavy atom. The zero-order chi connectivity index (χ0) is 14.2. The number of anilines is 1. The lowest BCUT2D eigenvalue weighted by atomic mass is 9.80. The average Bonchev–Trinajstić information content (AvgIpc) is 2.42. The predicted octanol–water partition coefficient (Wildman–Crippen LogP) is 2.47. The van der Waals surface area contributed by atoms with Gasteiger partial charge in [-0.3, -0.25) is 15.1 Å². The van der Waals surface area contributed by atoms with Gasteiger partial charge in [0.05, 0.1) is 15.9 Å². The van der Waals surface area contributed by atoms with E-state index < -0.39 is 10.5 Å². The first-order valence-electron chi connectivity index (χ1n) is 6.56. The van der Waals surface area contributed by atoms with Crippen molar-refractivity contribution in [2.24, 2.45) is 0 Å². The Balaban J connectivity index is 1.95. The number of nitrogens with one attached hydrogen (secondary N) is 1. The number of nitro benzene ring substituents is 1. The lowest BCUT2D eigenvalue weighted by Gasteiger charge is -2.37. The van der Waals surface area contributed by atoms with Gasteiger partial charge in [0.1, 0.15) is 0 Å². The summed E-state index contributed by atoms with van der Waals surface area (Å²) < 4.78 is 0. The topological polar surface area (TPSA) is 88.3 Å². The number of fused-ring (bicyclic) bond motifs is 1. The van der Waals surface area contributed by atoms with Gasteiger partial charge < -0.3 is 10.4 Å². The van der Waals surface area contributed by atoms with Gasteiger partial charge in [0, 0.05) is 36.1 Å². The van der Waals surface area contributed by atoms with Crippen molar-refractivity contribution in [3.8, 4) is 0 Å². The minimum Gasteiger partial charge on any atom is -0.388 e. The summed E-state index contributed by atoms with van der Waals surface area (Å²) in [7, 11) is 0. The van der Waals surface area contributed by atoms with Crippen molar-refractivity contribution in [2.45, 2.75) is 24.9 Å². The summed E-state index contributed by atoms with van der Waals surface area (Å²) in [5, 5.41) is 25.6. The van der Waals surface area contributed by atoms with Crippen LogP contribution in [-0.2, 0) is 0 Å². The molecule has 0 aliphatic heterocycles. The van der Waals surface area contributed by atoms with Crippen molar-refractivity contribution in [1.29, 1.82) is 0 Å². The normalized spacial score (nSPS) is 16.6. The van der Waals surface area contributed by atoms with Gasteiger partial charge in [0.2, 0.25) is 0 Å². The van der Waals surface area contributed by atoms with Crippen LogP contribution in [0.3, 0.4) is 0 Å². The highest BCUT2D eigenvalue weighted by Gasteiger charge is 2.34. The van der Waals surface area contributed by atoms with Crippen LogP contribution in [0, 0.1) is 10.1 Å². The van der Waals surface area contributed by atoms with E-state index in [9.17, 15) is 15.2 Å². The molecule has 2 aromatic rings. The standard InChI is InChI=1S/C14H15N3O3/c18-14(5-1-6-14)9-16-12-2-3-13(17(19)20)10-4-7-15-8-11(10)12/h2-4,7-8,16,18H,1,5-6,9H2. The summed E-state index contributed by atoms with van der Waals surface area (Å²) in [6.45, 7) is 0.453. The molecule has 1 heterocycles. The molecule has 1 saturated carbocycles. The molecule has 20 heavy (non-hydrogen) atoms. The third-order valence-electron chi connectivity index (χ3n) is 3.88. The third kappa shape index (κ3) is 2.18. The quantitative estimate of drug-likeness (QED) is 0.660. The molecule has 1 aromatic carbocycles. The maximum atomic E-state index is 11.0. The van der Waals surface area contributed by atoms with Crippen molar-refractivity contribution in [3.05, 3.63) is 40.7 Å². The van der Waals surface area contributed by atoms with E-state index in [-0.39, 0.29) is 5.69 Å². The van der Waals surface area contributed by atoms with E-state index in [4.69, 9.17) is 0 Å². The Kier molecular flexibility index (Phi) is 3.02. The number of nitrogens with zero attached hydrogens (tertiary/aromatic N) is 2. The maximum Gasteiger partial charge on any atom is 0.277 e. The summed E-state index contributed by atoms with van der Waals surface area (Å²) in [6, 6.07) is 4.79. The number of hydrogen-bond donors (Lipinski definition) is 2. The molecular formula is C14H15N3O3. The fourth-order valence-electron chi connectivity index (χ4n) is 2.51. The number of hydrogen-bond acceptors (Lipinski definition) is 5. The molecule has 6 heteroatoms. The van der Waals surface area contributed by atoms with Crippen LogP contribution < -0.4 is 5.32 Å². The van der Waals surface area contributed by atoms with Gasteiger partial charge in [-0.2, -0.15) is 0 Å². The van der Waals surface area contributed by atoms with Gasteiger partial charge in [-0.15, -0.1) is 0 Å². The number of non-ortho nitro benzene ring substituents is 1. The number of aromatic nitrogens is 1. The van der Waals surface area contributed by atoms with Gasteiger partial charge in [0.25, 0.3) is 5.69 Å². The van der Waals surface area contributed by atoms with E-state index in [0.717, 1.165) is 24.9 Å². The van der Waals surface area contributed by atoms with Gasteiger partial charge in [-0.1, -0.05) is 0 Å². The molecule has 1 fully saturated rings. The predicted molar refractivity (Wildman–Crippen MR) is 75.7 cm³/mol. The Hall–Kier alpha value is -2.21. The minimum atomic E-state index is -0.643. The van der Waals surface area contributed by atoms with E-state index in [0.29, 0.717) is 17.3 Å². The second-order valence-electron chi connectivity index (χ2n) is 5.24. The van der Waals surface area contributed by atoms with Gasteiger partial charge in [-0.25, -0.2) is 0 Å². The van der Waals surface area contributed by atoms with Crippen molar-refractivity contribution < 1.29 is 10.0 Å². The molecule has 0 saturated heterocycles. The van der Waals surface area contributed by atoms with E-state index >= 15 is 0 Å². The third-order valence-corrected chi connectivity index (χ3v) is 3.88. The average molecular weight is 273 g/mol. The van der Waals surface area contributed by atoms with Gasteiger partial charge >= 0.3 is 0 Å². The Labute approximate surface area is 115 Å². The first-order valence-corrected chi connectivity index (χ1v) is 6.56. The molecule has 1 aliphatic rings. The van der Waals surface area contributed by atoms with Crippen LogP contribution in [0.25, 0.3) is 10.8 Å². The molecule has 0 atom stereocenters. The van der Waals surface area contributed by atoms with Crippen LogP contribution in [0.2, 0.25) is 0 Å². The molecule has 104 valence electrons. The monoisotopic (exact) mass is 273 g/mol. The molecule has 0 bridgehead atoms. The Morgan fingerprint density at radius 1 is 1.35 bits per heavy atom. The first-order chi connectivity index (χ1) is 9.59. The minimum absolute atomic E-state index is 0.0651. The van der Waals surface area contributed by atoms with Crippen LogP contribution in [0.5, 0.6) is 0 Å². The highest BCUT2D eigenvalue weighted by atomic mass is 16.6. The molecule has 0 amide bonds. The summed E-state index contributed by atoms with van der Waals surface area (Å²) in [5.41, 5.74) is 0.186. The lowest BCUT2D eigenvalue weighted by molar-refractivity contribution is -0.383. The maximum absolute atomic E-state index is 11.0. The van der Waals surface area contributed by atoms with E-state index in [1.165, 1.54) is 6.07 Å². The van der Waals surface area contributed by atoms with E-state index in [1.54, 1.807) is 24.5 Å². The molecule has 2 N–H and O–H groups in total. The van der Waals surface area contributed by atoms with Gasteiger partial charge in [0.15, 0.2) is 0 Å². The van der Waals surface area contributed by atoms with Crippen LogP contribution in [0.15, 0.2) is 30.6 Å². The first kappa shape index (κ1) is 12.8. The van der Waals surface area contributed by atoms with Crippen LogP contribution in [0.1, 0.15) is 19.3 Å². The van der Waals surface area contributed by atoms with E-state index in [2.05, 4.69) is 10.3 Å². The SMILES string of the molecule is O=[N+]([O-])c1ccc(NCC2(O)CCC2)c2cnccc12. The fraction of sp³-hybridized carbons (Fsp3) is 0.357. The summed E-state index contributed by atoms with van der Waals surface area (Å²) >= 11 is 0. The second-order valence-corrected chi connectivity index (χ2v) is 5.24. The Morgan fingerprint density at radius 2 is 2.15 bits per heavy atom. The molecule has 0 unspecified atom stereocenters. The highest BCUT2D eigenvalue weighted by Crippen LogP contribution is 2.34. The molecule has 0 radical (unpaired) electrons. The number of rotatable bonds is 4. The lowest BCUT2D eigenvalue weighted by Crippen LogP contribution is -2.43. The number of benzene rings is 1. The summed E-state index contributed by atoms with van der Waals surface area (Å²) in [4.78, 5) is 14.7. The van der Waals surface area contributed by atoms with Crippen molar-refractivity contribution in [3.63, 3.8) is 0 Å². The smallest absolute Gasteiger partial charge is 0.277 e.